The molecule has 146 valence electrons. The molecule has 0 saturated carbocycles. The molecule has 0 spiro atoms. The van der Waals surface area contributed by atoms with Crippen LogP contribution in [-0.4, -0.2) is 27.5 Å². The molecular formula is C20H26N2O4S. The van der Waals surface area contributed by atoms with Crippen molar-refractivity contribution in [2.75, 3.05) is 13.2 Å². The number of aryl methyl sites for hydroxylation is 1. The molecule has 0 aliphatic carbocycles. The Balaban J connectivity index is 1.95. The summed E-state index contributed by atoms with van der Waals surface area (Å²) < 4.78 is 32.4. The number of carbonyl (C=O) groups excluding carboxylic acids is 1. The van der Waals surface area contributed by atoms with Crippen LogP contribution in [0.2, 0.25) is 0 Å². The molecule has 0 aromatic heterocycles. The molecule has 1 amide bonds. The molecule has 2 aromatic carbocycles. The number of nitrogens with one attached hydrogen (secondary N) is 2. The highest BCUT2D eigenvalue weighted by Gasteiger charge is 2.15. The molecule has 0 unspecified atom stereocenters. The van der Waals surface area contributed by atoms with Crippen molar-refractivity contribution in [3.8, 4) is 5.75 Å². The van der Waals surface area contributed by atoms with Crippen LogP contribution in [0.1, 0.15) is 37.4 Å². The summed E-state index contributed by atoms with van der Waals surface area (Å²) in [5, 5.41) is 2.87. The normalized spacial score (nSPS) is 12.4. The molecule has 27 heavy (non-hydrogen) atoms. The third-order valence-electron chi connectivity index (χ3n) is 4.03. The van der Waals surface area contributed by atoms with Gasteiger partial charge >= 0.3 is 0 Å². The molecule has 2 N–H and O–H groups in total. The van der Waals surface area contributed by atoms with E-state index >= 15 is 0 Å². The number of amides is 1. The number of ether oxygens (including phenoxy) is 1. The van der Waals surface area contributed by atoms with Crippen molar-refractivity contribution in [3.05, 3.63) is 59.7 Å². The highest BCUT2D eigenvalue weighted by molar-refractivity contribution is 7.89. The summed E-state index contributed by atoms with van der Waals surface area (Å²) in [6.45, 7) is 5.80. The van der Waals surface area contributed by atoms with Crippen molar-refractivity contribution in [3.63, 3.8) is 0 Å². The number of hydrogen-bond acceptors (Lipinski definition) is 4. The van der Waals surface area contributed by atoms with E-state index in [1.54, 1.807) is 13.0 Å². The van der Waals surface area contributed by atoms with Crippen molar-refractivity contribution in [2.45, 2.75) is 38.1 Å². The molecule has 0 aliphatic rings. The third-order valence-corrected chi connectivity index (χ3v) is 5.49. The summed E-state index contributed by atoms with van der Waals surface area (Å²) in [6, 6.07) is 14.1. The van der Waals surface area contributed by atoms with Crippen LogP contribution in [0.4, 0.5) is 0 Å². The van der Waals surface area contributed by atoms with Gasteiger partial charge in [-0.25, -0.2) is 13.1 Å². The van der Waals surface area contributed by atoms with Crippen LogP contribution >= 0.6 is 0 Å². The predicted octanol–water partition coefficient (Wildman–Crippen LogP) is 2.94. The van der Waals surface area contributed by atoms with E-state index in [0.717, 1.165) is 12.0 Å². The van der Waals surface area contributed by atoms with Crippen LogP contribution < -0.4 is 14.8 Å². The lowest BCUT2D eigenvalue weighted by Crippen LogP contribution is -2.31. The molecule has 0 radical (unpaired) electrons. The summed E-state index contributed by atoms with van der Waals surface area (Å²) >= 11 is 0. The van der Waals surface area contributed by atoms with E-state index in [4.69, 9.17) is 4.74 Å². The average Bonchev–Trinajstić information content (AvgIpc) is 2.66. The predicted molar refractivity (Wildman–Crippen MR) is 105 cm³/mol. The fourth-order valence-corrected chi connectivity index (χ4v) is 3.74. The second kappa shape index (κ2) is 9.53. The van der Waals surface area contributed by atoms with E-state index in [2.05, 4.69) is 10.0 Å². The topological polar surface area (TPSA) is 84.5 Å². The summed E-state index contributed by atoms with van der Waals surface area (Å²) in [6.07, 6.45) is 0.718. The van der Waals surface area contributed by atoms with Crippen molar-refractivity contribution in [1.82, 2.24) is 10.0 Å². The summed E-state index contributed by atoms with van der Waals surface area (Å²) in [7, 11) is -3.52. The molecule has 0 bridgehead atoms. The van der Waals surface area contributed by atoms with E-state index in [9.17, 15) is 13.2 Å². The van der Waals surface area contributed by atoms with Gasteiger partial charge in [0.25, 0.3) is 5.91 Å². The Morgan fingerprint density at radius 3 is 2.48 bits per heavy atom. The smallest absolute Gasteiger partial charge is 0.258 e. The second-order valence-electron chi connectivity index (χ2n) is 6.31. The molecule has 0 fully saturated rings. The van der Waals surface area contributed by atoms with Gasteiger partial charge in [-0.3, -0.25) is 4.79 Å². The van der Waals surface area contributed by atoms with Gasteiger partial charge in [0.05, 0.1) is 10.9 Å². The van der Waals surface area contributed by atoms with Gasteiger partial charge in [-0.05, 0) is 49.6 Å². The molecule has 2 aromatic rings. The van der Waals surface area contributed by atoms with Gasteiger partial charge < -0.3 is 10.1 Å². The molecular weight excluding hydrogens is 364 g/mol. The maximum atomic E-state index is 12.2. The van der Waals surface area contributed by atoms with Crippen molar-refractivity contribution < 1.29 is 17.9 Å². The first-order chi connectivity index (χ1) is 12.8. The first-order valence-electron chi connectivity index (χ1n) is 8.91. The molecule has 0 aliphatic heterocycles. The minimum atomic E-state index is -3.52. The van der Waals surface area contributed by atoms with E-state index in [1.807, 2.05) is 44.2 Å². The van der Waals surface area contributed by atoms with E-state index in [0.29, 0.717) is 17.9 Å². The van der Waals surface area contributed by atoms with Gasteiger partial charge in [-0.2, -0.15) is 0 Å². The van der Waals surface area contributed by atoms with Crippen LogP contribution in [0.25, 0.3) is 0 Å². The minimum absolute atomic E-state index is 0.124. The van der Waals surface area contributed by atoms with E-state index in [-0.39, 0.29) is 23.5 Å². The van der Waals surface area contributed by atoms with E-state index < -0.39 is 10.0 Å². The van der Waals surface area contributed by atoms with Gasteiger partial charge in [-0.15, -0.1) is 0 Å². The SMILES string of the molecule is CCCNS(=O)(=O)c1ccc(OCC(=O)N[C@@H](C)c2ccccc2)c(C)c1. The zero-order valence-electron chi connectivity index (χ0n) is 15.9. The highest BCUT2D eigenvalue weighted by Crippen LogP contribution is 2.22. The van der Waals surface area contributed by atoms with Crippen LogP contribution in [0.3, 0.4) is 0 Å². The Morgan fingerprint density at radius 1 is 1.15 bits per heavy atom. The third kappa shape index (κ3) is 6.08. The first kappa shape index (κ1) is 20.9. The van der Waals surface area contributed by atoms with E-state index in [1.165, 1.54) is 12.1 Å². The largest absolute Gasteiger partial charge is 0.484 e. The number of benzene rings is 2. The van der Waals surface area contributed by atoms with Crippen molar-refractivity contribution >= 4 is 15.9 Å². The number of hydrogen-bond donors (Lipinski definition) is 2. The Labute approximate surface area is 161 Å². The Bertz CT molecular complexity index is 867. The van der Waals surface area contributed by atoms with Crippen LogP contribution in [0.5, 0.6) is 5.75 Å². The van der Waals surface area contributed by atoms with Crippen molar-refractivity contribution in [1.29, 1.82) is 0 Å². The standard InChI is InChI=1S/C20H26N2O4S/c1-4-12-21-27(24,25)18-10-11-19(15(2)13-18)26-14-20(23)22-16(3)17-8-6-5-7-9-17/h5-11,13,16,21H,4,12,14H2,1-3H3,(H,22,23)/t16-/m0/s1. The molecule has 6 nitrogen and oxygen atoms in total. The fraction of sp³-hybridized carbons (Fsp3) is 0.350. The minimum Gasteiger partial charge on any atom is -0.484 e. The van der Waals surface area contributed by atoms with Crippen LogP contribution in [0.15, 0.2) is 53.4 Å². The Morgan fingerprint density at radius 2 is 1.85 bits per heavy atom. The van der Waals surface area contributed by atoms with Crippen molar-refractivity contribution in [2.24, 2.45) is 0 Å². The number of carbonyl (C=O) groups is 1. The lowest BCUT2D eigenvalue weighted by atomic mass is 10.1. The maximum Gasteiger partial charge on any atom is 0.258 e. The molecule has 0 heterocycles. The van der Waals surface area contributed by atoms with Gasteiger partial charge in [0, 0.05) is 6.54 Å². The zero-order valence-corrected chi connectivity index (χ0v) is 16.7. The first-order valence-corrected chi connectivity index (χ1v) is 10.4. The summed E-state index contributed by atoms with van der Waals surface area (Å²) in [5.74, 6) is 0.235. The second-order valence-corrected chi connectivity index (χ2v) is 8.08. The molecule has 7 heteroatoms. The van der Waals surface area contributed by atoms with Crippen LogP contribution in [-0.2, 0) is 14.8 Å². The molecule has 1 atom stereocenters. The lowest BCUT2D eigenvalue weighted by molar-refractivity contribution is -0.123. The maximum absolute atomic E-state index is 12.2. The van der Waals surface area contributed by atoms with Gasteiger partial charge in [0.2, 0.25) is 10.0 Å². The van der Waals surface area contributed by atoms with Gasteiger partial charge in [0.15, 0.2) is 6.61 Å². The monoisotopic (exact) mass is 390 g/mol. The Kier molecular flexibility index (Phi) is 7.38. The van der Waals surface area contributed by atoms with Gasteiger partial charge in [-0.1, -0.05) is 37.3 Å². The number of sulfonamides is 1. The quantitative estimate of drug-likeness (QED) is 0.689. The summed E-state index contributed by atoms with van der Waals surface area (Å²) in [5.41, 5.74) is 1.66. The fourth-order valence-electron chi connectivity index (χ4n) is 2.52. The average molecular weight is 391 g/mol. The van der Waals surface area contributed by atoms with Gasteiger partial charge in [0.1, 0.15) is 5.75 Å². The zero-order chi connectivity index (χ0) is 19.9. The Hall–Kier alpha value is -2.38. The molecule has 2 rings (SSSR count). The highest BCUT2D eigenvalue weighted by atomic mass is 32.2. The molecule has 0 saturated heterocycles. The number of rotatable bonds is 9. The van der Waals surface area contributed by atoms with Crippen LogP contribution in [0, 0.1) is 6.92 Å². The lowest BCUT2D eigenvalue weighted by Gasteiger charge is -2.15. The summed E-state index contributed by atoms with van der Waals surface area (Å²) in [4.78, 5) is 12.3.